The third-order valence-electron chi connectivity index (χ3n) is 0.853. The van der Waals surface area contributed by atoms with Gasteiger partial charge in [-0.15, -0.1) is 0 Å². The molecule has 0 amide bonds. The van der Waals surface area contributed by atoms with E-state index in [1.807, 2.05) is 0 Å². The summed E-state index contributed by atoms with van der Waals surface area (Å²) in [5.74, 6) is 0. The Morgan fingerprint density at radius 3 is 1.78 bits per heavy atom. The molecule has 5 nitrogen and oxygen atoms in total. The minimum Gasteiger partial charge on any atom is -0.390 e. The van der Waals surface area contributed by atoms with Crippen LogP contribution in [0.4, 0.5) is 12.0 Å². The lowest BCUT2D eigenvalue weighted by Crippen LogP contribution is -1.85. The summed E-state index contributed by atoms with van der Waals surface area (Å²) in [5, 5.41) is 12.6. The number of anilines is 2. The van der Waals surface area contributed by atoms with E-state index in [0.717, 1.165) is 0 Å². The van der Waals surface area contributed by atoms with Crippen LogP contribution >= 0.6 is 0 Å². The SMILES string of the molecule is CNc1nnc(NC)o1. The summed E-state index contributed by atoms with van der Waals surface area (Å²) in [4.78, 5) is 0. The highest BCUT2D eigenvalue weighted by atomic mass is 16.4. The Morgan fingerprint density at radius 2 is 1.56 bits per heavy atom. The second-order valence-corrected chi connectivity index (χ2v) is 1.41. The average Bonchev–Trinajstić information content (AvgIpc) is 2.34. The van der Waals surface area contributed by atoms with Gasteiger partial charge in [0, 0.05) is 14.1 Å². The highest BCUT2D eigenvalue weighted by molar-refractivity contribution is 5.24. The van der Waals surface area contributed by atoms with Gasteiger partial charge < -0.3 is 15.1 Å². The van der Waals surface area contributed by atoms with Crippen molar-refractivity contribution in [3.63, 3.8) is 0 Å². The first-order valence-corrected chi connectivity index (χ1v) is 2.56. The summed E-state index contributed by atoms with van der Waals surface area (Å²) in [6.07, 6.45) is 0. The molecular weight excluding hydrogens is 120 g/mol. The maximum atomic E-state index is 4.94. The number of hydrogen-bond donors (Lipinski definition) is 2. The van der Waals surface area contributed by atoms with E-state index in [1.165, 1.54) is 0 Å². The number of rotatable bonds is 2. The van der Waals surface area contributed by atoms with Crippen LogP contribution in [0.25, 0.3) is 0 Å². The predicted octanol–water partition coefficient (Wildman–Crippen LogP) is 0.153. The molecule has 0 radical (unpaired) electrons. The Balaban J connectivity index is 2.74. The van der Waals surface area contributed by atoms with Crippen LogP contribution in [-0.4, -0.2) is 24.3 Å². The molecule has 9 heavy (non-hydrogen) atoms. The molecule has 1 aromatic rings. The second-order valence-electron chi connectivity index (χ2n) is 1.41. The smallest absolute Gasteiger partial charge is 0.316 e. The molecule has 0 aromatic carbocycles. The van der Waals surface area contributed by atoms with E-state index >= 15 is 0 Å². The Hall–Kier alpha value is -1.26. The molecular formula is C4H8N4O. The molecule has 1 heterocycles. The van der Waals surface area contributed by atoms with Crippen LogP contribution in [-0.2, 0) is 0 Å². The van der Waals surface area contributed by atoms with E-state index in [1.54, 1.807) is 14.1 Å². The van der Waals surface area contributed by atoms with Crippen molar-refractivity contribution in [3.8, 4) is 0 Å². The van der Waals surface area contributed by atoms with Crippen molar-refractivity contribution < 1.29 is 4.42 Å². The summed E-state index contributed by atoms with van der Waals surface area (Å²) < 4.78 is 4.94. The van der Waals surface area contributed by atoms with E-state index < -0.39 is 0 Å². The van der Waals surface area contributed by atoms with E-state index in [4.69, 9.17) is 4.42 Å². The summed E-state index contributed by atoms with van der Waals surface area (Å²) >= 11 is 0. The van der Waals surface area contributed by atoms with Crippen LogP contribution in [0.5, 0.6) is 0 Å². The van der Waals surface area contributed by atoms with Crippen LogP contribution in [0.2, 0.25) is 0 Å². The summed E-state index contributed by atoms with van der Waals surface area (Å²) in [7, 11) is 3.43. The monoisotopic (exact) mass is 128 g/mol. The fourth-order valence-electron chi connectivity index (χ4n) is 0.425. The van der Waals surface area contributed by atoms with Crippen molar-refractivity contribution in [3.05, 3.63) is 0 Å². The number of nitrogens with zero attached hydrogens (tertiary/aromatic N) is 2. The van der Waals surface area contributed by atoms with Crippen LogP contribution in [0.3, 0.4) is 0 Å². The molecule has 1 rings (SSSR count). The third-order valence-corrected chi connectivity index (χ3v) is 0.853. The zero-order valence-electron chi connectivity index (χ0n) is 5.30. The van der Waals surface area contributed by atoms with Gasteiger partial charge in [-0.3, -0.25) is 0 Å². The van der Waals surface area contributed by atoms with Crippen LogP contribution in [0.1, 0.15) is 0 Å². The third kappa shape index (κ3) is 1.10. The number of nitrogens with one attached hydrogen (secondary N) is 2. The molecule has 0 bridgehead atoms. The second kappa shape index (κ2) is 2.34. The summed E-state index contributed by atoms with van der Waals surface area (Å²) in [6, 6.07) is 0.832. The van der Waals surface area contributed by atoms with Gasteiger partial charge in [-0.2, -0.15) is 0 Å². The standard InChI is InChI=1S/C4H8N4O/c1-5-3-7-8-4(6-2)9-3/h1-2H3,(H,5,7)(H,6,8). The minimum atomic E-state index is 0.416. The minimum absolute atomic E-state index is 0.416. The Morgan fingerprint density at radius 1 is 1.11 bits per heavy atom. The van der Waals surface area contributed by atoms with E-state index in [2.05, 4.69) is 20.8 Å². The molecule has 0 saturated heterocycles. The van der Waals surface area contributed by atoms with Gasteiger partial charge in [-0.05, 0) is 0 Å². The lowest BCUT2D eigenvalue weighted by atomic mass is 11.0. The zero-order chi connectivity index (χ0) is 6.69. The molecule has 5 heteroatoms. The van der Waals surface area contributed by atoms with Crippen molar-refractivity contribution in [2.45, 2.75) is 0 Å². The fraction of sp³-hybridized carbons (Fsp3) is 0.500. The Labute approximate surface area is 52.5 Å². The highest BCUT2D eigenvalue weighted by Gasteiger charge is 1.98. The Bertz CT molecular complexity index is 166. The topological polar surface area (TPSA) is 63.0 Å². The molecule has 1 aromatic heterocycles. The van der Waals surface area contributed by atoms with Gasteiger partial charge in [0.05, 0.1) is 0 Å². The van der Waals surface area contributed by atoms with Crippen molar-refractivity contribution >= 4 is 12.0 Å². The molecule has 0 aliphatic rings. The van der Waals surface area contributed by atoms with Gasteiger partial charge in [0.2, 0.25) is 0 Å². The van der Waals surface area contributed by atoms with Gasteiger partial charge in [0.25, 0.3) is 0 Å². The van der Waals surface area contributed by atoms with Crippen molar-refractivity contribution in [1.29, 1.82) is 0 Å². The number of hydrogen-bond acceptors (Lipinski definition) is 5. The average molecular weight is 128 g/mol. The first-order valence-electron chi connectivity index (χ1n) is 2.56. The van der Waals surface area contributed by atoms with Gasteiger partial charge >= 0.3 is 12.0 Å². The molecule has 2 N–H and O–H groups in total. The van der Waals surface area contributed by atoms with E-state index in [-0.39, 0.29) is 0 Å². The molecule has 0 unspecified atom stereocenters. The molecule has 0 spiro atoms. The quantitative estimate of drug-likeness (QED) is 0.593. The largest absolute Gasteiger partial charge is 0.390 e. The van der Waals surface area contributed by atoms with Crippen molar-refractivity contribution in [2.24, 2.45) is 0 Å². The van der Waals surface area contributed by atoms with E-state index in [9.17, 15) is 0 Å². The first-order chi connectivity index (χ1) is 4.36. The number of aromatic nitrogens is 2. The lowest BCUT2D eigenvalue weighted by Gasteiger charge is -1.86. The van der Waals surface area contributed by atoms with Crippen LogP contribution < -0.4 is 10.6 Å². The molecule has 50 valence electrons. The maximum absolute atomic E-state index is 4.94. The van der Waals surface area contributed by atoms with E-state index in [0.29, 0.717) is 12.0 Å². The molecule has 0 fully saturated rings. The molecule has 0 aliphatic heterocycles. The van der Waals surface area contributed by atoms with Crippen LogP contribution in [0.15, 0.2) is 4.42 Å². The molecule has 0 saturated carbocycles. The predicted molar refractivity (Wildman–Crippen MR) is 33.4 cm³/mol. The lowest BCUT2D eigenvalue weighted by molar-refractivity contribution is 0.586. The zero-order valence-corrected chi connectivity index (χ0v) is 5.30. The van der Waals surface area contributed by atoms with Crippen molar-refractivity contribution in [1.82, 2.24) is 10.2 Å². The Kier molecular flexibility index (Phi) is 1.53. The molecule has 0 aliphatic carbocycles. The normalized spacial score (nSPS) is 9.11. The highest BCUT2D eigenvalue weighted by Crippen LogP contribution is 2.06. The van der Waals surface area contributed by atoms with Crippen LogP contribution in [0, 0.1) is 0 Å². The van der Waals surface area contributed by atoms with Gasteiger partial charge in [0.1, 0.15) is 0 Å². The van der Waals surface area contributed by atoms with Gasteiger partial charge in [0.15, 0.2) is 0 Å². The maximum Gasteiger partial charge on any atom is 0.316 e. The van der Waals surface area contributed by atoms with Gasteiger partial charge in [-0.1, -0.05) is 10.2 Å². The fourth-order valence-corrected chi connectivity index (χ4v) is 0.425. The van der Waals surface area contributed by atoms with Crippen molar-refractivity contribution in [2.75, 3.05) is 24.7 Å². The first kappa shape index (κ1) is 5.87. The summed E-state index contributed by atoms with van der Waals surface area (Å²) in [5.41, 5.74) is 0. The summed E-state index contributed by atoms with van der Waals surface area (Å²) in [6.45, 7) is 0. The molecule has 0 atom stereocenters. The van der Waals surface area contributed by atoms with Gasteiger partial charge in [-0.25, -0.2) is 0 Å².